The summed E-state index contributed by atoms with van der Waals surface area (Å²) in [5, 5.41) is 9.17. The third kappa shape index (κ3) is 3.91. The number of rotatable bonds is 5. The van der Waals surface area contributed by atoms with Gasteiger partial charge in [-0.05, 0) is 17.2 Å². The summed E-state index contributed by atoms with van der Waals surface area (Å²) in [7, 11) is 0. The minimum Gasteiger partial charge on any atom is -0.478 e. The van der Waals surface area contributed by atoms with Crippen molar-refractivity contribution in [2.45, 2.75) is 11.0 Å². The second-order valence-electron chi connectivity index (χ2n) is 3.89. The molecule has 0 atom stereocenters. The molecule has 2 rings (SSSR count). The fraction of sp³-hybridized carbons (Fsp3) is 0.308. The Morgan fingerprint density at radius 1 is 1.53 bits per heavy atom. The molecule has 1 saturated heterocycles. The molecule has 4 heteroatoms. The molecule has 0 amide bonds. The van der Waals surface area contributed by atoms with Crippen LogP contribution in [0.3, 0.4) is 0 Å². The van der Waals surface area contributed by atoms with Crippen LogP contribution in [0.1, 0.15) is 11.1 Å². The third-order valence-electron chi connectivity index (χ3n) is 2.46. The Morgan fingerprint density at radius 3 is 3.00 bits per heavy atom. The highest BCUT2D eigenvalue weighted by atomic mass is 32.2. The van der Waals surface area contributed by atoms with Gasteiger partial charge in [-0.25, -0.2) is 4.79 Å². The van der Waals surface area contributed by atoms with Gasteiger partial charge in [0, 0.05) is 11.8 Å². The zero-order valence-corrected chi connectivity index (χ0v) is 10.2. The van der Waals surface area contributed by atoms with Gasteiger partial charge in [0.05, 0.1) is 18.5 Å². The van der Waals surface area contributed by atoms with Gasteiger partial charge in [-0.15, -0.1) is 11.8 Å². The highest BCUT2D eigenvalue weighted by Gasteiger charge is 2.18. The van der Waals surface area contributed by atoms with Gasteiger partial charge in [-0.2, -0.15) is 0 Å². The van der Waals surface area contributed by atoms with Crippen LogP contribution in [0.2, 0.25) is 0 Å². The van der Waals surface area contributed by atoms with Crippen LogP contribution < -0.4 is 0 Å². The molecule has 1 heterocycles. The van der Waals surface area contributed by atoms with Gasteiger partial charge in [0.1, 0.15) is 0 Å². The molecule has 1 aromatic rings. The summed E-state index contributed by atoms with van der Waals surface area (Å²) in [5.74, 6) is 0.0272. The van der Waals surface area contributed by atoms with Gasteiger partial charge in [0.2, 0.25) is 0 Å². The summed E-state index contributed by atoms with van der Waals surface area (Å²) in [6, 6.07) is 7.94. The normalized spacial score (nSPS) is 16.0. The van der Waals surface area contributed by atoms with Crippen LogP contribution >= 0.6 is 11.8 Å². The zero-order chi connectivity index (χ0) is 12.1. The average molecular weight is 250 g/mol. The maximum Gasteiger partial charge on any atom is 0.328 e. The molecule has 1 aliphatic rings. The molecule has 17 heavy (non-hydrogen) atoms. The number of carbonyl (C=O) groups is 1. The van der Waals surface area contributed by atoms with Crippen LogP contribution in [0, 0.1) is 0 Å². The molecule has 1 aromatic carbocycles. The highest BCUT2D eigenvalue weighted by molar-refractivity contribution is 7.99. The third-order valence-corrected chi connectivity index (χ3v) is 3.71. The fourth-order valence-corrected chi connectivity index (χ4v) is 2.47. The SMILES string of the molecule is O=C(O)C=Cc1cccc(CSC2COC2)c1. The maximum absolute atomic E-state index is 10.4. The van der Waals surface area contributed by atoms with E-state index in [4.69, 9.17) is 9.84 Å². The number of hydrogen-bond donors (Lipinski definition) is 1. The van der Waals surface area contributed by atoms with E-state index < -0.39 is 5.97 Å². The first-order valence-electron chi connectivity index (χ1n) is 5.43. The van der Waals surface area contributed by atoms with Crippen molar-refractivity contribution in [2.75, 3.05) is 13.2 Å². The van der Waals surface area contributed by atoms with E-state index in [0.29, 0.717) is 5.25 Å². The number of benzene rings is 1. The Kier molecular flexibility index (Phi) is 4.23. The molecule has 1 N–H and O–H groups in total. The first kappa shape index (κ1) is 12.2. The summed E-state index contributed by atoms with van der Waals surface area (Å²) in [6.45, 7) is 1.70. The molecule has 0 saturated carbocycles. The van der Waals surface area contributed by atoms with Crippen molar-refractivity contribution in [1.82, 2.24) is 0 Å². The second-order valence-corrected chi connectivity index (χ2v) is 5.18. The topological polar surface area (TPSA) is 46.5 Å². The van der Waals surface area contributed by atoms with Crippen molar-refractivity contribution in [3.63, 3.8) is 0 Å². The zero-order valence-electron chi connectivity index (χ0n) is 9.33. The van der Waals surface area contributed by atoms with Crippen molar-refractivity contribution in [3.05, 3.63) is 41.5 Å². The van der Waals surface area contributed by atoms with Crippen molar-refractivity contribution < 1.29 is 14.6 Å². The van der Waals surface area contributed by atoms with Crippen LogP contribution in [0.4, 0.5) is 0 Å². The largest absolute Gasteiger partial charge is 0.478 e. The van der Waals surface area contributed by atoms with Crippen LogP contribution in [0.5, 0.6) is 0 Å². The van der Waals surface area contributed by atoms with Gasteiger partial charge >= 0.3 is 5.97 Å². The Morgan fingerprint density at radius 2 is 2.35 bits per heavy atom. The van der Waals surface area contributed by atoms with Crippen LogP contribution in [-0.2, 0) is 15.3 Å². The molecule has 1 aliphatic heterocycles. The highest BCUT2D eigenvalue weighted by Crippen LogP contribution is 2.23. The molecular formula is C13H14O3S. The Hall–Kier alpha value is -1.26. The Bertz CT molecular complexity index is 424. The lowest BCUT2D eigenvalue weighted by Gasteiger charge is -2.25. The molecule has 0 unspecified atom stereocenters. The van der Waals surface area contributed by atoms with E-state index in [1.807, 2.05) is 30.0 Å². The van der Waals surface area contributed by atoms with E-state index in [1.54, 1.807) is 6.08 Å². The standard InChI is InChI=1S/C13H14O3S/c14-13(15)5-4-10-2-1-3-11(6-10)9-17-12-7-16-8-12/h1-6,12H,7-9H2,(H,14,15). The molecule has 90 valence electrons. The van der Waals surface area contributed by atoms with E-state index in [-0.39, 0.29) is 0 Å². The van der Waals surface area contributed by atoms with E-state index in [0.717, 1.165) is 30.6 Å². The summed E-state index contributed by atoms with van der Waals surface area (Å²) in [4.78, 5) is 10.4. The summed E-state index contributed by atoms with van der Waals surface area (Å²) in [5.41, 5.74) is 2.14. The quantitative estimate of drug-likeness (QED) is 0.815. The van der Waals surface area contributed by atoms with Crippen molar-refractivity contribution >= 4 is 23.8 Å². The van der Waals surface area contributed by atoms with Gasteiger partial charge in [0.25, 0.3) is 0 Å². The van der Waals surface area contributed by atoms with E-state index in [1.165, 1.54) is 5.56 Å². The van der Waals surface area contributed by atoms with Crippen LogP contribution in [-0.4, -0.2) is 29.5 Å². The lowest BCUT2D eigenvalue weighted by Crippen LogP contribution is -2.30. The number of thioether (sulfide) groups is 1. The molecular weight excluding hydrogens is 236 g/mol. The lowest BCUT2D eigenvalue weighted by atomic mass is 10.1. The molecule has 0 bridgehead atoms. The molecule has 0 radical (unpaired) electrons. The number of ether oxygens (including phenoxy) is 1. The molecule has 0 aliphatic carbocycles. The van der Waals surface area contributed by atoms with Crippen molar-refractivity contribution in [2.24, 2.45) is 0 Å². The second kappa shape index (κ2) is 5.89. The van der Waals surface area contributed by atoms with Crippen molar-refractivity contribution in [3.8, 4) is 0 Å². The predicted molar refractivity (Wildman–Crippen MR) is 69.0 cm³/mol. The van der Waals surface area contributed by atoms with Crippen LogP contribution in [0.25, 0.3) is 6.08 Å². The summed E-state index contributed by atoms with van der Waals surface area (Å²) < 4.78 is 5.11. The predicted octanol–water partition coefficient (Wildman–Crippen LogP) is 2.42. The maximum atomic E-state index is 10.4. The number of carboxylic acids is 1. The summed E-state index contributed by atoms with van der Waals surface area (Å²) in [6.07, 6.45) is 2.77. The first-order valence-corrected chi connectivity index (χ1v) is 6.48. The smallest absolute Gasteiger partial charge is 0.328 e. The van der Waals surface area contributed by atoms with Gasteiger partial charge < -0.3 is 9.84 Å². The van der Waals surface area contributed by atoms with E-state index in [2.05, 4.69) is 6.07 Å². The van der Waals surface area contributed by atoms with Gasteiger partial charge in [0.15, 0.2) is 0 Å². The Balaban J connectivity index is 1.93. The minimum atomic E-state index is -0.920. The monoisotopic (exact) mass is 250 g/mol. The van der Waals surface area contributed by atoms with Crippen molar-refractivity contribution in [1.29, 1.82) is 0 Å². The molecule has 1 fully saturated rings. The number of aliphatic carboxylic acids is 1. The van der Waals surface area contributed by atoms with E-state index in [9.17, 15) is 4.79 Å². The fourth-order valence-electron chi connectivity index (χ4n) is 1.48. The Labute approximate surface area is 104 Å². The first-order chi connectivity index (χ1) is 8.24. The minimum absolute atomic E-state index is 0.619. The number of hydrogen-bond acceptors (Lipinski definition) is 3. The summed E-state index contributed by atoms with van der Waals surface area (Å²) >= 11 is 1.88. The van der Waals surface area contributed by atoms with Crippen LogP contribution in [0.15, 0.2) is 30.3 Å². The number of carboxylic acid groups (broad SMARTS) is 1. The van der Waals surface area contributed by atoms with Gasteiger partial charge in [-0.3, -0.25) is 0 Å². The average Bonchev–Trinajstić information content (AvgIpc) is 2.25. The molecule has 3 nitrogen and oxygen atoms in total. The lowest BCUT2D eigenvalue weighted by molar-refractivity contribution is -0.131. The van der Waals surface area contributed by atoms with Gasteiger partial charge in [-0.1, -0.05) is 24.3 Å². The molecule has 0 spiro atoms. The molecule has 0 aromatic heterocycles. The van der Waals surface area contributed by atoms with E-state index >= 15 is 0 Å².